The number of aryl methyl sites for hydroxylation is 1. The summed E-state index contributed by atoms with van der Waals surface area (Å²) >= 11 is 8.71. The van der Waals surface area contributed by atoms with E-state index in [1.54, 1.807) is 13.2 Å². The number of anilines is 1. The number of aromatic amines is 1. The van der Waals surface area contributed by atoms with Gasteiger partial charge in [-0.1, -0.05) is 47.6 Å². The van der Waals surface area contributed by atoms with E-state index in [-0.39, 0.29) is 30.7 Å². The maximum Gasteiger partial charge on any atom is 0.245 e. The first-order chi connectivity index (χ1) is 30.5. The van der Waals surface area contributed by atoms with Crippen LogP contribution in [0.3, 0.4) is 0 Å². The molecule has 0 spiro atoms. The number of amides is 3. The molecule has 3 atom stereocenters. The molecule has 3 aromatic heterocycles. The van der Waals surface area contributed by atoms with Crippen LogP contribution in [0.25, 0.3) is 22.0 Å². The zero-order chi connectivity index (χ0) is 44.5. The quantitative estimate of drug-likeness (QED) is 0.0980. The predicted octanol–water partition coefficient (Wildman–Crippen LogP) is 5.00. The standard InChI is InChI=1S/C47H60ClN11O3S/c1-30-36(35-11-4-5-12-38(35)55-30)27-41-45(61)54-29-34-24-33(31-15-19-51-42(26-31)59-22-20-57(2)21-23-59)25-37(48)43(34)63-46-32(10-9-18-52-46)28-53-39(14-8-17-50)44(60)56-40(13-6-7-16-49)47(62)58(41)3/h4-5,9-12,15,18-19,24-26,39-41,53,55H,6-8,13-14,16-17,20-23,27-29,49-50H2,1-3H3,(H,54,61)(H,56,60). The highest BCUT2D eigenvalue weighted by atomic mass is 35.5. The van der Waals surface area contributed by atoms with Crippen LogP contribution in [-0.4, -0.2) is 114 Å². The number of carbonyl (C=O) groups is 3. The van der Waals surface area contributed by atoms with Crippen LogP contribution in [0.4, 0.5) is 5.82 Å². The number of hydrogen-bond donors (Lipinski definition) is 6. The number of nitrogens with two attached hydrogens (primary N) is 2. The molecule has 63 heavy (non-hydrogen) atoms. The van der Waals surface area contributed by atoms with Gasteiger partial charge in [0, 0.05) is 86.6 Å². The zero-order valence-corrected chi connectivity index (χ0v) is 38.0. The summed E-state index contributed by atoms with van der Waals surface area (Å²) in [5.74, 6) is -0.113. The number of carbonyl (C=O) groups excluding carboxylic acids is 3. The van der Waals surface area contributed by atoms with Crippen LogP contribution < -0.4 is 32.3 Å². The van der Waals surface area contributed by atoms with Crippen LogP contribution in [0.2, 0.25) is 5.02 Å². The number of aromatic nitrogens is 3. The fourth-order valence-corrected chi connectivity index (χ4v) is 9.77. The number of pyridine rings is 2. The van der Waals surface area contributed by atoms with E-state index in [0.29, 0.717) is 61.8 Å². The highest BCUT2D eigenvalue weighted by Crippen LogP contribution is 2.40. The third-order valence-corrected chi connectivity index (χ3v) is 13.8. The van der Waals surface area contributed by atoms with E-state index in [4.69, 9.17) is 33.0 Å². The van der Waals surface area contributed by atoms with Crippen molar-refractivity contribution in [3.8, 4) is 11.1 Å². The number of hydrogen-bond acceptors (Lipinski definition) is 11. The lowest BCUT2D eigenvalue weighted by molar-refractivity contribution is -0.142. The summed E-state index contributed by atoms with van der Waals surface area (Å²) in [5, 5.41) is 12.0. The van der Waals surface area contributed by atoms with Crippen LogP contribution in [-0.2, 0) is 33.9 Å². The van der Waals surface area contributed by atoms with Gasteiger partial charge in [-0.15, -0.1) is 0 Å². The summed E-state index contributed by atoms with van der Waals surface area (Å²) in [6.45, 7) is 6.95. The van der Waals surface area contributed by atoms with Crippen molar-refractivity contribution in [2.24, 2.45) is 11.5 Å². The van der Waals surface area contributed by atoms with Gasteiger partial charge in [-0.2, -0.15) is 0 Å². The van der Waals surface area contributed by atoms with Gasteiger partial charge in [-0.25, -0.2) is 9.97 Å². The molecule has 1 saturated heterocycles. The van der Waals surface area contributed by atoms with Crippen molar-refractivity contribution in [2.45, 2.75) is 86.6 Å². The number of fused-ring (bicyclic) bond motifs is 3. The molecule has 2 aliphatic heterocycles. The molecule has 14 nitrogen and oxygen atoms in total. The Bertz CT molecular complexity index is 2390. The smallest absolute Gasteiger partial charge is 0.245 e. The van der Waals surface area contributed by atoms with Crippen molar-refractivity contribution in [1.82, 2.24) is 40.7 Å². The van der Waals surface area contributed by atoms with Crippen LogP contribution in [0.1, 0.15) is 54.5 Å². The minimum Gasteiger partial charge on any atom is -0.358 e. The molecule has 0 saturated carbocycles. The number of H-pyrrole nitrogens is 1. The fraction of sp³-hybridized carbons (Fsp3) is 0.426. The molecule has 7 rings (SSSR count). The van der Waals surface area contributed by atoms with Crippen molar-refractivity contribution < 1.29 is 14.4 Å². The molecule has 0 bridgehead atoms. The minimum atomic E-state index is -0.936. The van der Waals surface area contributed by atoms with Gasteiger partial charge in [0.15, 0.2) is 0 Å². The number of unbranched alkanes of at least 4 members (excludes halogenated alkanes) is 1. The molecular formula is C47H60ClN11O3S. The van der Waals surface area contributed by atoms with Gasteiger partial charge in [0.05, 0.1) is 11.1 Å². The van der Waals surface area contributed by atoms with Crippen molar-refractivity contribution in [3.63, 3.8) is 0 Å². The Balaban J connectivity index is 1.31. The van der Waals surface area contributed by atoms with E-state index in [1.807, 2.05) is 61.7 Å². The van der Waals surface area contributed by atoms with E-state index < -0.39 is 18.1 Å². The van der Waals surface area contributed by atoms with Crippen molar-refractivity contribution in [2.75, 3.05) is 58.3 Å². The fourth-order valence-electron chi connectivity index (χ4n) is 8.42. The molecule has 5 heterocycles. The van der Waals surface area contributed by atoms with Crippen molar-refractivity contribution >= 4 is 57.8 Å². The summed E-state index contributed by atoms with van der Waals surface area (Å²) in [6.07, 6.45) is 6.51. The molecule has 2 aliphatic rings. The van der Waals surface area contributed by atoms with Crippen LogP contribution in [0.5, 0.6) is 0 Å². The number of nitrogens with one attached hydrogen (secondary N) is 4. The number of benzene rings is 2. The van der Waals surface area contributed by atoms with Gasteiger partial charge < -0.3 is 47.1 Å². The number of rotatable bonds is 11. The lowest BCUT2D eigenvalue weighted by Gasteiger charge is -2.33. The van der Waals surface area contributed by atoms with Gasteiger partial charge in [0.1, 0.15) is 22.9 Å². The number of piperazine rings is 1. The maximum absolute atomic E-state index is 14.9. The number of likely N-dealkylation sites (N-methyl/N-ethyl adjacent to an activating group) is 2. The minimum absolute atomic E-state index is 0.120. The SMILES string of the molecule is Cc1[nH]c2ccccc2c1CC1C(=O)NCc2cc(-c3ccnc(N4CCN(C)CC4)c3)cc(Cl)c2Sc2ncccc2CNC(CCCN)C(=O)NC(CCCCN)C(=O)N1C. The summed E-state index contributed by atoms with van der Waals surface area (Å²) in [7, 11) is 3.78. The molecule has 3 unspecified atom stereocenters. The largest absolute Gasteiger partial charge is 0.358 e. The molecule has 334 valence electrons. The molecule has 8 N–H and O–H groups in total. The second-order valence-electron chi connectivity index (χ2n) is 16.6. The summed E-state index contributed by atoms with van der Waals surface area (Å²) in [5.41, 5.74) is 18.1. The first-order valence-electron chi connectivity index (χ1n) is 21.9. The normalized spacial score (nSPS) is 19.7. The first kappa shape index (κ1) is 46.0. The molecule has 0 radical (unpaired) electrons. The van der Waals surface area contributed by atoms with E-state index in [0.717, 1.165) is 81.3 Å². The molecule has 3 amide bonds. The summed E-state index contributed by atoms with van der Waals surface area (Å²) in [6, 6.07) is 17.4. The second-order valence-corrected chi connectivity index (χ2v) is 18.0. The zero-order valence-electron chi connectivity index (χ0n) is 36.5. The number of nitrogens with zero attached hydrogens (tertiary/aromatic N) is 5. The van der Waals surface area contributed by atoms with Gasteiger partial charge >= 0.3 is 0 Å². The Morgan fingerprint density at radius 3 is 2.38 bits per heavy atom. The van der Waals surface area contributed by atoms with Crippen molar-refractivity contribution in [3.05, 3.63) is 100 Å². The van der Waals surface area contributed by atoms with Gasteiger partial charge in [-0.3, -0.25) is 14.4 Å². The molecule has 1 fully saturated rings. The number of para-hydroxylation sites is 1. The van der Waals surface area contributed by atoms with Crippen LogP contribution in [0.15, 0.2) is 83.0 Å². The summed E-state index contributed by atoms with van der Waals surface area (Å²) in [4.78, 5) is 63.7. The molecule has 16 heteroatoms. The Kier molecular flexibility index (Phi) is 15.7. The Hall–Kier alpha value is -5.03. The molecule has 2 aromatic carbocycles. The average Bonchev–Trinajstić information content (AvgIpc) is 3.61. The van der Waals surface area contributed by atoms with Gasteiger partial charge in [0.25, 0.3) is 0 Å². The monoisotopic (exact) mass is 893 g/mol. The van der Waals surface area contributed by atoms with E-state index in [2.05, 4.69) is 49.9 Å². The lowest BCUT2D eigenvalue weighted by atomic mass is 9.99. The maximum atomic E-state index is 14.9. The molecule has 5 aromatic rings. The lowest BCUT2D eigenvalue weighted by Crippen LogP contribution is -2.57. The Morgan fingerprint density at radius 2 is 1.59 bits per heavy atom. The van der Waals surface area contributed by atoms with E-state index >= 15 is 0 Å². The highest BCUT2D eigenvalue weighted by Gasteiger charge is 2.34. The van der Waals surface area contributed by atoms with Gasteiger partial charge in [-0.05, 0) is 123 Å². The Morgan fingerprint density at radius 1 is 0.810 bits per heavy atom. The second kappa shape index (κ2) is 21.6. The first-order valence-corrected chi connectivity index (χ1v) is 23.1. The van der Waals surface area contributed by atoms with Crippen LogP contribution in [0, 0.1) is 6.92 Å². The average molecular weight is 895 g/mol. The van der Waals surface area contributed by atoms with E-state index in [1.165, 1.54) is 16.7 Å². The summed E-state index contributed by atoms with van der Waals surface area (Å²) < 4.78 is 0. The Labute approximate surface area is 379 Å². The molecule has 0 aliphatic carbocycles. The van der Waals surface area contributed by atoms with E-state index in [9.17, 15) is 14.4 Å². The van der Waals surface area contributed by atoms with Crippen LogP contribution >= 0.6 is 23.4 Å². The highest BCUT2D eigenvalue weighted by molar-refractivity contribution is 7.99. The van der Waals surface area contributed by atoms with Crippen molar-refractivity contribution in [1.29, 1.82) is 0 Å². The predicted molar refractivity (Wildman–Crippen MR) is 252 cm³/mol. The third-order valence-electron chi connectivity index (χ3n) is 12.2. The van der Waals surface area contributed by atoms with Gasteiger partial charge in [0.2, 0.25) is 17.7 Å². The topological polar surface area (TPSA) is 191 Å². The molecular weight excluding hydrogens is 834 g/mol. The third kappa shape index (κ3) is 11.2. The number of halogens is 1.